The number of aromatic nitrogens is 1. The lowest BCUT2D eigenvalue weighted by atomic mass is 10.1. The second-order valence-corrected chi connectivity index (χ2v) is 8.07. The fourth-order valence-electron chi connectivity index (χ4n) is 3.48. The zero-order valence-corrected chi connectivity index (χ0v) is 17.4. The number of ether oxygens (including phenoxy) is 1. The first-order valence-electron chi connectivity index (χ1n) is 9.87. The van der Waals surface area contributed by atoms with E-state index in [0.717, 1.165) is 42.6 Å². The van der Waals surface area contributed by atoms with Gasteiger partial charge < -0.3 is 19.4 Å². The summed E-state index contributed by atoms with van der Waals surface area (Å²) in [7, 11) is 1.82. The molecule has 1 aromatic carbocycles. The summed E-state index contributed by atoms with van der Waals surface area (Å²) < 4.78 is 11.5. The third kappa shape index (κ3) is 5.25. The van der Waals surface area contributed by atoms with Crippen molar-refractivity contribution in [3.05, 3.63) is 65.4 Å². The number of hydrogen-bond acceptors (Lipinski definition) is 5. The molecule has 0 saturated carbocycles. The van der Waals surface area contributed by atoms with Gasteiger partial charge in [0.15, 0.2) is 5.96 Å². The second kappa shape index (κ2) is 9.71. The SMILES string of the molecule is CN=C(NCc1coc(-c2cccs2)n1)N1CCC(COCc2ccccc2)C1. The molecule has 6 nitrogen and oxygen atoms in total. The van der Waals surface area contributed by atoms with Gasteiger partial charge in [-0.1, -0.05) is 36.4 Å². The van der Waals surface area contributed by atoms with Crippen molar-refractivity contribution in [2.75, 3.05) is 26.7 Å². The predicted octanol–water partition coefficient (Wildman–Crippen LogP) is 4.02. The highest BCUT2D eigenvalue weighted by Crippen LogP contribution is 2.23. The van der Waals surface area contributed by atoms with Crippen molar-refractivity contribution in [1.29, 1.82) is 0 Å². The van der Waals surface area contributed by atoms with E-state index < -0.39 is 0 Å². The first-order chi connectivity index (χ1) is 14.3. The van der Waals surface area contributed by atoms with Gasteiger partial charge >= 0.3 is 0 Å². The number of nitrogens with one attached hydrogen (secondary N) is 1. The Balaban J connectivity index is 1.22. The summed E-state index contributed by atoms with van der Waals surface area (Å²) in [6.07, 6.45) is 2.82. The summed E-state index contributed by atoms with van der Waals surface area (Å²) in [5.41, 5.74) is 2.09. The van der Waals surface area contributed by atoms with E-state index in [1.807, 2.05) is 42.8 Å². The Hall–Kier alpha value is -2.64. The molecule has 0 amide bonds. The lowest BCUT2D eigenvalue weighted by Crippen LogP contribution is -2.39. The molecule has 3 aromatic rings. The Morgan fingerprint density at radius 3 is 3.00 bits per heavy atom. The number of nitrogens with zero attached hydrogens (tertiary/aromatic N) is 3. The minimum absolute atomic E-state index is 0.523. The highest BCUT2D eigenvalue weighted by atomic mass is 32.1. The maximum atomic E-state index is 5.92. The van der Waals surface area contributed by atoms with Gasteiger partial charge in [-0.15, -0.1) is 11.3 Å². The molecular formula is C22H26N4O2S. The number of guanidine groups is 1. The molecule has 7 heteroatoms. The van der Waals surface area contributed by atoms with Crippen LogP contribution in [0.15, 0.2) is 63.5 Å². The van der Waals surface area contributed by atoms with Crippen LogP contribution in [-0.4, -0.2) is 42.6 Å². The van der Waals surface area contributed by atoms with Crippen molar-refractivity contribution < 1.29 is 9.15 Å². The summed E-state index contributed by atoms with van der Waals surface area (Å²) in [6, 6.07) is 14.3. The summed E-state index contributed by atoms with van der Waals surface area (Å²) in [5.74, 6) is 2.09. The number of oxazole rings is 1. The molecule has 2 aromatic heterocycles. The quantitative estimate of drug-likeness (QED) is 0.471. The Kier molecular flexibility index (Phi) is 6.59. The number of benzene rings is 1. The highest BCUT2D eigenvalue weighted by molar-refractivity contribution is 7.13. The van der Waals surface area contributed by atoms with Crippen LogP contribution in [0.25, 0.3) is 10.8 Å². The predicted molar refractivity (Wildman–Crippen MR) is 116 cm³/mol. The van der Waals surface area contributed by atoms with Crippen molar-refractivity contribution in [3.63, 3.8) is 0 Å². The van der Waals surface area contributed by atoms with Crippen LogP contribution in [-0.2, 0) is 17.9 Å². The van der Waals surface area contributed by atoms with Gasteiger partial charge in [0.2, 0.25) is 5.89 Å². The number of thiophene rings is 1. The maximum absolute atomic E-state index is 5.92. The number of likely N-dealkylation sites (tertiary alicyclic amines) is 1. The first kappa shape index (κ1) is 19.7. The number of hydrogen-bond donors (Lipinski definition) is 1. The number of rotatable bonds is 7. The fraction of sp³-hybridized carbons (Fsp3) is 0.364. The normalized spacial score (nSPS) is 17.1. The topological polar surface area (TPSA) is 62.9 Å². The molecule has 0 aliphatic carbocycles. The zero-order valence-electron chi connectivity index (χ0n) is 16.6. The Morgan fingerprint density at radius 1 is 1.31 bits per heavy atom. The van der Waals surface area contributed by atoms with Gasteiger partial charge in [0.05, 0.1) is 30.3 Å². The smallest absolute Gasteiger partial charge is 0.236 e. The van der Waals surface area contributed by atoms with Gasteiger partial charge in [0.1, 0.15) is 6.26 Å². The van der Waals surface area contributed by atoms with Crippen molar-refractivity contribution in [3.8, 4) is 10.8 Å². The molecule has 1 saturated heterocycles. The molecule has 1 atom stereocenters. The van der Waals surface area contributed by atoms with Crippen molar-refractivity contribution in [1.82, 2.24) is 15.2 Å². The van der Waals surface area contributed by atoms with E-state index in [9.17, 15) is 0 Å². The molecule has 1 aliphatic rings. The van der Waals surface area contributed by atoms with Gasteiger partial charge in [-0.25, -0.2) is 4.98 Å². The summed E-state index contributed by atoms with van der Waals surface area (Å²) in [6.45, 7) is 3.97. The van der Waals surface area contributed by atoms with Crippen LogP contribution in [0.4, 0.5) is 0 Å². The molecule has 1 unspecified atom stereocenters. The number of aliphatic imine (C=N–C) groups is 1. The minimum atomic E-state index is 0.523. The molecule has 29 heavy (non-hydrogen) atoms. The van der Waals surface area contributed by atoms with E-state index in [2.05, 4.69) is 32.3 Å². The van der Waals surface area contributed by atoms with Gasteiger partial charge in [-0.3, -0.25) is 4.99 Å². The van der Waals surface area contributed by atoms with Crippen LogP contribution < -0.4 is 5.32 Å². The average Bonchev–Trinajstić information content (AvgIpc) is 3.51. The van der Waals surface area contributed by atoms with Crippen molar-refractivity contribution in [2.45, 2.75) is 19.6 Å². The van der Waals surface area contributed by atoms with Gasteiger partial charge in [-0.05, 0) is 23.4 Å². The molecule has 0 spiro atoms. The van der Waals surface area contributed by atoms with E-state index in [-0.39, 0.29) is 0 Å². The van der Waals surface area contributed by atoms with Crippen LogP contribution in [0.2, 0.25) is 0 Å². The van der Waals surface area contributed by atoms with Crippen molar-refractivity contribution in [2.24, 2.45) is 10.9 Å². The van der Waals surface area contributed by atoms with Crippen molar-refractivity contribution >= 4 is 17.3 Å². The molecule has 1 aliphatic heterocycles. The Labute approximate surface area is 175 Å². The molecule has 4 rings (SSSR count). The summed E-state index contributed by atoms with van der Waals surface area (Å²) in [5, 5.41) is 5.43. The molecule has 0 radical (unpaired) electrons. The molecule has 1 N–H and O–H groups in total. The minimum Gasteiger partial charge on any atom is -0.443 e. The lowest BCUT2D eigenvalue weighted by molar-refractivity contribution is 0.0906. The van der Waals surface area contributed by atoms with E-state index in [1.165, 1.54) is 5.56 Å². The maximum Gasteiger partial charge on any atom is 0.236 e. The van der Waals surface area contributed by atoms with E-state index in [4.69, 9.17) is 9.15 Å². The molecular weight excluding hydrogens is 384 g/mol. The largest absolute Gasteiger partial charge is 0.443 e. The third-order valence-electron chi connectivity index (χ3n) is 4.97. The van der Waals surface area contributed by atoms with Crippen LogP contribution in [0.3, 0.4) is 0 Å². The van der Waals surface area contributed by atoms with Crippen LogP contribution >= 0.6 is 11.3 Å². The van der Waals surface area contributed by atoms with Crippen LogP contribution in [0.5, 0.6) is 0 Å². The third-order valence-corrected chi connectivity index (χ3v) is 5.83. The average molecular weight is 411 g/mol. The van der Waals surface area contributed by atoms with Gasteiger partial charge in [-0.2, -0.15) is 0 Å². The standard InChI is InChI=1S/C22H26N4O2S/c1-23-22(24-12-19-16-28-21(25-19)20-8-5-11-29-20)26-10-9-18(13-26)15-27-14-17-6-3-2-4-7-17/h2-8,11,16,18H,9-10,12-15H2,1H3,(H,23,24). The molecule has 3 heterocycles. The van der Waals surface area contributed by atoms with E-state index >= 15 is 0 Å². The van der Waals surface area contributed by atoms with E-state index in [0.29, 0.717) is 25.0 Å². The van der Waals surface area contributed by atoms with Gasteiger partial charge in [0, 0.05) is 26.1 Å². The zero-order chi connectivity index (χ0) is 19.9. The Morgan fingerprint density at radius 2 is 2.21 bits per heavy atom. The Bertz CT molecular complexity index is 908. The fourth-order valence-corrected chi connectivity index (χ4v) is 4.14. The second-order valence-electron chi connectivity index (χ2n) is 7.12. The molecule has 0 bridgehead atoms. The molecule has 1 fully saturated rings. The van der Waals surface area contributed by atoms with Gasteiger partial charge in [0.25, 0.3) is 0 Å². The van der Waals surface area contributed by atoms with Crippen LogP contribution in [0.1, 0.15) is 17.7 Å². The molecule has 152 valence electrons. The van der Waals surface area contributed by atoms with Crippen LogP contribution in [0, 0.1) is 5.92 Å². The van der Waals surface area contributed by atoms with E-state index in [1.54, 1.807) is 17.6 Å². The highest BCUT2D eigenvalue weighted by Gasteiger charge is 2.25. The first-order valence-corrected chi connectivity index (χ1v) is 10.8. The summed E-state index contributed by atoms with van der Waals surface area (Å²) >= 11 is 1.62. The lowest BCUT2D eigenvalue weighted by Gasteiger charge is -2.21. The monoisotopic (exact) mass is 410 g/mol. The summed E-state index contributed by atoms with van der Waals surface area (Å²) in [4.78, 5) is 12.3.